The molecule has 116 valence electrons. The van der Waals surface area contributed by atoms with E-state index in [1.165, 1.54) is 17.4 Å². The number of nitriles is 1. The number of nitrogens with one attached hydrogen (secondary N) is 1. The van der Waals surface area contributed by atoms with E-state index in [9.17, 15) is 13.2 Å². The van der Waals surface area contributed by atoms with Gasteiger partial charge in [-0.3, -0.25) is 0 Å². The van der Waals surface area contributed by atoms with Gasteiger partial charge in [0.2, 0.25) is 0 Å². The first-order valence-electron chi connectivity index (χ1n) is 6.48. The van der Waals surface area contributed by atoms with Gasteiger partial charge in [-0.1, -0.05) is 25.2 Å². The lowest BCUT2D eigenvalue weighted by Gasteiger charge is -2.11. The smallest absolute Gasteiger partial charge is 0.378 e. The fraction of sp³-hybridized carbons (Fsp3) is 0.357. The van der Waals surface area contributed by atoms with E-state index in [0.717, 1.165) is 17.1 Å². The number of halogens is 3. The van der Waals surface area contributed by atoms with Gasteiger partial charge in [-0.2, -0.15) is 18.4 Å². The van der Waals surface area contributed by atoms with Crippen LogP contribution in [0.5, 0.6) is 0 Å². The Morgan fingerprint density at radius 1 is 1.32 bits per heavy atom. The van der Waals surface area contributed by atoms with Crippen molar-refractivity contribution in [3.8, 4) is 6.07 Å². The minimum Gasteiger partial charge on any atom is -0.378 e. The summed E-state index contributed by atoms with van der Waals surface area (Å²) in [7, 11) is 0. The lowest BCUT2D eigenvalue weighted by atomic mass is 10.1. The number of alkyl halides is 3. The van der Waals surface area contributed by atoms with Crippen LogP contribution in [0.1, 0.15) is 40.9 Å². The standard InChI is InChI=1S/C14H13F3N4S/c1-8(2)13-21-20-12(22-13)7-19-10-4-3-9(6-18)11(5-10)14(15,16)17/h3-5,8,19H,7H2,1-2H3. The normalized spacial score (nSPS) is 11.5. The third-order valence-electron chi connectivity index (χ3n) is 2.87. The zero-order valence-electron chi connectivity index (χ0n) is 11.9. The molecular weight excluding hydrogens is 313 g/mol. The number of hydrogen-bond donors (Lipinski definition) is 1. The summed E-state index contributed by atoms with van der Waals surface area (Å²) < 4.78 is 38.6. The monoisotopic (exact) mass is 326 g/mol. The average molecular weight is 326 g/mol. The zero-order valence-corrected chi connectivity index (χ0v) is 12.7. The van der Waals surface area contributed by atoms with Crippen molar-refractivity contribution in [3.05, 3.63) is 39.3 Å². The highest BCUT2D eigenvalue weighted by atomic mass is 32.1. The number of aromatic nitrogens is 2. The molecule has 0 saturated heterocycles. The minimum absolute atomic E-state index is 0.262. The van der Waals surface area contributed by atoms with Crippen molar-refractivity contribution >= 4 is 17.0 Å². The summed E-state index contributed by atoms with van der Waals surface area (Å²) in [6, 6.07) is 5.08. The van der Waals surface area contributed by atoms with Crippen LogP contribution < -0.4 is 5.32 Å². The van der Waals surface area contributed by atoms with Gasteiger partial charge in [0.05, 0.1) is 23.7 Å². The fourth-order valence-electron chi connectivity index (χ4n) is 1.74. The molecular formula is C14H13F3N4S. The van der Waals surface area contributed by atoms with Crippen LogP contribution in [0.3, 0.4) is 0 Å². The Kier molecular flexibility index (Phi) is 4.66. The first-order valence-corrected chi connectivity index (χ1v) is 7.30. The van der Waals surface area contributed by atoms with Crippen molar-refractivity contribution in [2.45, 2.75) is 32.5 Å². The van der Waals surface area contributed by atoms with Crippen molar-refractivity contribution < 1.29 is 13.2 Å². The van der Waals surface area contributed by atoms with Crippen LogP contribution >= 0.6 is 11.3 Å². The second kappa shape index (κ2) is 6.32. The Morgan fingerprint density at radius 2 is 2.05 bits per heavy atom. The predicted octanol–water partition coefficient (Wildman–Crippen LogP) is 4.16. The van der Waals surface area contributed by atoms with E-state index in [1.807, 2.05) is 13.8 Å². The molecule has 0 atom stereocenters. The van der Waals surface area contributed by atoms with Crippen LogP contribution in [0.15, 0.2) is 18.2 Å². The molecule has 0 aliphatic carbocycles. The maximum absolute atomic E-state index is 12.9. The molecule has 0 aliphatic heterocycles. The van der Waals surface area contributed by atoms with Gasteiger partial charge in [0.25, 0.3) is 0 Å². The van der Waals surface area contributed by atoms with E-state index >= 15 is 0 Å². The van der Waals surface area contributed by atoms with Gasteiger partial charge >= 0.3 is 6.18 Å². The van der Waals surface area contributed by atoms with Gasteiger partial charge in [-0.25, -0.2) is 0 Å². The number of hydrogen-bond acceptors (Lipinski definition) is 5. The predicted molar refractivity (Wildman–Crippen MR) is 77.5 cm³/mol. The summed E-state index contributed by atoms with van der Waals surface area (Å²) in [4.78, 5) is 0. The maximum Gasteiger partial charge on any atom is 0.417 e. The summed E-state index contributed by atoms with van der Waals surface area (Å²) >= 11 is 1.42. The molecule has 0 radical (unpaired) electrons. The lowest BCUT2D eigenvalue weighted by Crippen LogP contribution is -2.09. The van der Waals surface area contributed by atoms with Gasteiger partial charge in [-0.05, 0) is 18.2 Å². The topological polar surface area (TPSA) is 61.6 Å². The molecule has 1 N–H and O–H groups in total. The molecule has 0 saturated carbocycles. The van der Waals surface area contributed by atoms with Crippen LogP contribution in [0.25, 0.3) is 0 Å². The summed E-state index contributed by atoms with van der Waals surface area (Å²) in [5.41, 5.74) is -1.05. The first kappa shape index (κ1) is 16.2. The maximum atomic E-state index is 12.9. The van der Waals surface area contributed by atoms with Crippen LogP contribution in [0.4, 0.5) is 18.9 Å². The van der Waals surface area contributed by atoms with E-state index in [1.54, 1.807) is 6.07 Å². The molecule has 8 heteroatoms. The van der Waals surface area contributed by atoms with Crippen LogP contribution in [0.2, 0.25) is 0 Å². The van der Waals surface area contributed by atoms with E-state index in [4.69, 9.17) is 5.26 Å². The number of anilines is 1. The first-order chi connectivity index (χ1) is 10.3. The Bertz CT molecular complexity index is 701. The molecule has 1 heterocycles. The summed E-state index contributed by atoms with van der Waals surface area (Å²) in [6.45, 7) is 4.27. The molecule has 2 rings (SSSR count). The second-order valence-electron chi connectivity index (χ2n) is 4.91. The van der Waals surface area contributed by atoms with Crippen molar-refractivity contribution in [1.82, 2.24) is 10.2 Å². The Labute approximate surface area is 129 Å². The minimum atomic E-state index is -4.56. The van der Waals surface area contributed by atoms with Crippen LogP contribution in [0, 0.1) is 11.3 Å². The highest BCUT2D eigenvalue weighted by Gasteiger charge is 2.33. The number of nitrogens with zero attached hydrogens (tertiary/aromatic N) is 3. The molecule has 1 aromatic heterocycles. The summed E-state index contributed by atoms with van der Waals surface area (Å²) in [6.07, 6.45) is -4.56. The van der Waals surface area contributed by atoms with Crippen molar-refractivity contribution in [1.29, 1.82) is 5.26 Å². The van der Waals surface area contributed by atoms with E-state index in [0.29, 0.717) is 5.01 Å². The molecule has 2 aromatic rings. The van der Waals surface area contributed by atoms with E-state index in [2.05, 4.69) is 15.5 Å². The fourth-order valence-corrected chi connectivity index (χ4v) is 2.52. The Balaban J connectivity index is 2.15. The van der Waals surface area contributed by atoms with Crippen LogP contribution in [-0.4, -0.2) is 10.2 Å². The third-order valence-corrected chi connectivity index (χ3v) is 4.09. The van der Waals surface area contributed by atoms with Crippen molar-refractivity contribution in [3.63, 3.8) is 0 Å². The largest absolute Gasteiger partial charge is 0.417 e. The van der Waals surface area contributed by atoms with Gasteiger partial charge < -0.3 is 5.32 Å². The highest BCUT2D eigenvalue weighted by molar-refractivity contribution is 7.11. The molecule has 1 aromatic carbocycles. The van der Waals surface area contributed by atoms with Crippen LogP contribution in [-0.2, 0) is 12.7 Å². The summed E-state index contributed by atoms with van der Waals surface area (Å²) in [5.74, 6) is 0.262. The zero-order chi connectivity index (χ0) is 16.3. The molecule has 0 spiro atoms. The number of rotatable bonds is 4. The highest BCUT2D eigenvalue weighted by Crippen LogP contribution is 2.33. The Hall–Kier alpha value is -2.14. The average Bonchev–Trinajstić information content (AvgIpc) is 2.93. The Morgan fingerprint density at radius 3 is 2.59 bits per heavy atom. The molecule has 0 aliphatic rings. The molecule has 22 heavy (non-hydrogen) atoms. The van der Waals surface area contributed by atoms with Gasteiger partial charge in [0.15, 0.2) is 0 Å². The summed E-state index contributed by atoms with van der Waals surface area (Å²) in [5, 5.41) is 21.2. The third kappa shape index (κ3) is 3.74. The molecule has 4 nitrogen and oxygen atoms in total. The molecule has 0 unspecified atom stereocenters. The number of benzene rings is 1. The van der Waals surface area contributed by atoms with Crippen molar-refractivity contribution in [2.24, 2.45) is 0 Å². The van der Waals surface area contributed by atoms with Gasteiger partial charge in [0, 0.05) is 11.6 Å². The van der Waals surface area contributed by atoms with E-state index in [-0.39, 0.29) is 18.2 Å². The quantitative estimate of drug-likeness (QED) is 0.916. The van der Waals surface area contributed by atoms with E-state index < -0.39 is 17.3 Å². The van der Waals surface area contributed by atoms with Crippen molar-refractivity contribution in [2.75, 3.05) is 5.32 Å². The lowest BCUT2D eigenvalue weighted by molar-refractivity contribution is -0.137. The van der Waals surface area contributed by atoms with Gasteiger partial charge in [-0.15, -0.1) is 10.2 Å². The second-order valence-corrected chi connectivity index (χ2v) is 6.01. The SMILES string of the molecule is CC(C)c1nnc(CNc2ccc(C#N)c(C(F)(F)F)c2)s1. The molecule has 0 amide bonds. The molecule has 0 fully saturated rings. The molecule has 0 bridgehead atoms. The van der Waals surface area contributed by atoms with Gasteiger partial charge in [0.1, 0.15) is 10.0 Å².